The summed E-state index contributed by atoms with van der Waals surface area (Å²) in [6.07, 6.45) is 1.66. The number of carbonyl (C=O) groups is 1. The normalized spacial score (nSPS) is 16.9. The number of piperazine rings is 1. The fourth-order valence-corrected chi connectivity index (χ4v) is 2.73. The standard InChI is InChI=1S/C14H20BrN3O/c1-11(2)10-17-5-7-18(8-6-17)14(19)12-3-4-16-13(15)9-12/h3-4,9,11H,5-8,10H2,1-2H3. The van der Waals surface area contributed by atoms with Crippen LogP contribution in [0.3, 0.4) is 0 Å². The highest BCUT2D eigenvalue weighted by Gasteiger charge is 2.22. The lowest BCUT2D eigenvalue weighted by Gasteiger charge is -2.35. The summed E-state index contributed by atoms with van der Waals surface area (Å²) in [5, 5.41) is 0. The van der Waals surface area contributed by atoms with Gasteiger partial charge in [-0.15, -0.1) is 0 Å². The van der Waals surface area contributed by atoms with E-state index in [0.29, 0.717) is 16.1 Å². The maximum absolute atomic E-state index is 12.3. The molecule has 0 bridgehead atoms. The third-order valence-electron chi connectivity index (χ3n) is 3.26. The molecule has 4 nitrogen and oxygen atoms in total. The summed E-state index contributed by atoms with van der Waals surface area (Å²) in [4.78, 5) is 20.7. The Balaban J connectivity index is 1.92. The Morgan fingerprint density at radius 2 is 2.05 bits per heavy atom. The van der Waals surface area contributed by atoms with Crippen LogP contribution < -0.4 is 0 Å². The van der Waals surface area contributed by atoms with Crippen LogP contribution in [-0.4, -0.2) is 53.4 Å². The van der Waals surface area contributed by atoms with Crippen LogP contribution in [0.1, 0.15) is 24.2 Å². The quantitative estimate of drug-likeness (QED) is 0.800. The molecule has 0 aromatic carbocycles. The minimum Gasteiger partial charge on any atom is -0.336 e. The van der Waals surface area contributed by atoms with Crippen molar-refractivity contribution in [2.75, 3.05) is 32.7 Å². The topological polar surface area (TPSA) is 36.4 Å². The van der Waals surface area contributed by atoms with E-state index in [1.807, 2.05) is 4.90 Å². The van der Waals surface area contributed by atoms with Gasteiger partial charge in [-0.1, -0.05) is 13.8 Å². The van der Waals surface area contributed by atoms with Crippen molar-refractivity contribution in [1.29, 1.82) is 0 Å². The summed E-state index contributed by atoms with van der Waals surface area (Å²) >= 11 is 3.30. The number of aromatic nitrogens is 1. The van der Waals surface area contributed by atoms with Gasteiger partial charge in [0, 0.05) is 44.5 Å². The molecule has 1 amide bonds. The molecule has 1 aromatic heterocycles. The predicted octanol–water partition coefficient (Wildman–Crippen LogP) is 2.26. The first-order valence-electron chi connectivity index (χ1n) is 6.69. The summed E-state index contributed by atoms with van der Waals surface area (Å²) in [6.45, 7) is 9.13. The van der Waals surface area contributed by atoms with E-state index in [9.17, 15) is 4.79 Å². The number of nitrogens with zero attached hydrogens (tertiary/aromatic N) is 3. The predicted molar refractivity (Wildman–Crippen MR) is 79.1 cm³/mol. The Labute approximate surface area is 122 Å². The van der Waals surface area contributed by atoms with Gasteiger partial charge in [0.1, 0.15) is 4.60 Å². The highest BCUT2D eigenvalue weighted by Crippen LogP contribution is 2.13. The van der Waals surface area contributed by atoms with Gasteiger partial charge in [0.15, 0.2) is 0 Å². The number of rotatable bonds is 3. The van der Waals surface area contributed by atoms with E-state index in [2.05, 4.69) is 39.7 Å². The van der Waals surface area contributed by atoms with Gasteiger partial charge >= 0.3 is 0 Å². The minimum absolute atomic E-state index is 0.104. The van der Waals surface area contributed by atoms with Crippen molar-refractivity contribution >= 4 is 21.8 Å². The Morgan fingerprint density at radius 1 is 1.37 bits per heavy atom. The second-order valence-corrected chi connectivity index (χ2v) is 6.17. The summed E-state index contributed by atoms with van der Waals surface area (Å²) in [7, 11) is 0. The van der Waals surface area contributed by atoms with Crippen LogP contribution in [0, 0.1) is 5.92 Å². The molecule has 2 rings (SSSR count). The van der Waals surface area contributed by atoms with Crippen LogP contribution in [-0.2, 0) is 0 Å². The largest absolute Gasteiger partial charge is 0.336 e. The summed E-state index contributed by atoms with van der Waals surface area (Å²) in [5.74, 6) is 0.783. The zero-order valence-corrected chi connectivity index (χ0v) is 13.1. The smallest absolute Gasteiger partial charge is 0.254 e. The molecule has 1 aliphatic rings. The highest BCUT2D eigenvalue weighted by molar-refractivity contribution is 9.10. The summed E-state index contributed by atoms with van der Waals surface area (Å²) in [5.41, 5.74) is 0.708. The van der Waals surface area contributed by atoms with Crippen molar-refractivity contribution in [2.24, 2.45) is 5.92 Å². The highest BCUT2D eigenvalue weighted by atomic mass is 79.9. The molecule has 5 heteroatoms. The molecule has 19 heavy (non-hydrogen) atoms. The molecular formula is C14H20BrN3O. The molecule has 2 heterocycles. The Morgan fingerprint density at radius 3 is 2.63 bits per heavy atom. The van der Waals surface area contributed by atoms with Gasteiger partial charge in [0.25, 0.3) is 5.91 Å². The lowest BCUT2D eigenvalue weighted by atomic mass is 10.1. The maximum Gasteiger partial charge on any atom is 0.254 e. The van der Waals surface area contributed by atoms with Gasteiger partial charge in [0.2, 0.25) is 0 Å². The summed E-state index contributed by atoms with van der Waals surface area (Å²) < 4.78 is 0.705. The number of hydrogen-bond donors (Lipinski definition) is 0. The number of pyridine rings is 1. The first kappa shape index (κ1) is 14.5. The lowest BCUT2D eigenvalue weighted by Crippen LogP contribution is -2.49. The van der Waals surface area contributed by atoms with E-state index >= 15 is 0 Å². The average molecular weight is 326 g/mol. The zero-order chi connectivity index (χ0) is 13.8. The third kappa shape index (κ3) is 4.01. The van der Waals surface area contributed by atoms with Crippen LogP contribution in [0.5, 0.6) is 0 Å². The average Bonchev–Trinajstić information content (AvgIpc) is 2.38. The number of halogens is 1. The number of carbonyl (C=O) groups excluding carboxylic acids is 1. The zero-order valence-electron chi connectivity index (χ0n) is 11.5. The van der Waals surface area contributed by atoms with Crippen molar-refractivity contribution in [1.82, 2.24) is 14.8 Å². The van der Waals surface area contributed by atoms with Gasteiger partial charge in [0.05, 0.1) is 0 Å². The van der Waals surface area contributed by atoms with E-state index in [-0.39, 0.29) is 5.91 Å². The van der Waals surface area contributed by atoms with E-state index < -0.39 is 0 Å². The molecule has 0 unspecified atom stereocenters. The van der Waals surface area contributed by atoms with Crippen molar-refractivity contribution in [3.63, 3.8) is 0 Å². The maximum atomic E-state index is 12.3. The molecule has 1 aromatic rings. The molecule has 0 spiro atoms. The molecule has 1 fully saturated rings. The van der Waals surface area contributed by atoms with E-state index in [4.69, 9.17) is 0 Å². The lowest BCUT2D eigenvalue weighted by molar-refractivity contribution is 0.0623. The molecular weight excluding hydrogens is 306 g/mol. The van der Waals surface area contributed by atoms with Gasteiger partial charge in [-0.3, -0.25) is 9.69 Å². The van der Waals surface area contributed by atoms with Crippen molar-refractivity contribution in [3.8, 4) is 0 Å². The second kappa shape index (κ2) is 6.48. The minimum atomic E-state index is 0.104. The molecule has 0 saturated carbocycles. The van der Waals surface area contributed by atoms with E-state index in [1.54, 1.807) is 18.3 Å². The van der Waals surface area contributed by atoms with Gasteiger partial charge < -0.3 is 4.90 Å². The second-order valence-electron chi connectivity index (χ2n) is 5.35. The molecule has 0 aliphatic carbocycles. The number of amides is 1. The first-order valence-corrected chi connectivity index (χ1v) is 7.48. The molecule has 0 atom stereocenters. The Kier molecular flexibility index (Phi) is 4.93. The molecule has 0 radical (unpaired) electrons. The van der Waals surface area contributed by atoms with Crippen LogP contribution in [0.2, 0.25) is 0 Å². The Bertz CT molecular complexity index is 442. The molecule has 1 saturated heterocycles. The first-order chi connectivity index (χ1) is 9.06. The molecule has 1 aliphatic heterocycles. The number of hydrogen-bond acceptors (Lipinski definition) is 3. The van der Waals surface area contributed by atoms with Gasteiger partial charge in [-0.05, 0) is 34.0 Å². The van der Waals surface area contributed by atoms with Crippen LogP contribution >= 0.6 is 15.9 Å². The fourth-order valence-electron chi connectivity index (χ4n) is 2.37. The monoisotopic (exact) mass is 325 g/mol. The van der Waals surface area contributed by atoms with Gasteiger partial charge in [-0.25, -0.2) is 4.98 Å². The van der Waals surface area contributed by atoms with Crippen molar-refractivity contribution in [3.05, 3.63) is 28.5 Å². The fraction of sp³-hybridized carbons (Fsp3) is 0.571. The van der Waals surface area contributed by atoms with Crippen LogP contribution in [0.4, 0.5) is 0 Å². The molecule has 0 N–H and O–H groups in total. The van der Waals surface area contributed by atoms with Crippen molar-refractivity contribution in [2.45, 2.75) is 13.8 Å². The van der Waals surface area contributed by atoms with Gasteiger partial charge in [-0.2, -0.15) is 0 Å². The van der Waals surface area contributed by atoms with E-state index in [0.717, 1.165) is 32.7 Å². The van der Waals surface area contributed by atoms with Crippen molar-refractivity contribution < 1.29 is 4.79 Å². The van der Waals surface area contributed by atoms with Crippen LogP contribution in [0.25, 0.3) is 0 Å². The van der Waals surface area contributed by atoms with Crippen LogP contribution in [0.15, 0.2) is 22.9 Å². The molecule has 104 valence electrons. The third-order valence-corrected chi connectivity index (χ3v) is 3.69. The van der Waals surface area contributed by atoms with E-state index in [1.165, 1.54) is 0 Å². The SMILES string of the molecule is CC(C)CN1CCN(C(=O)c2ccnc(Br)c2)CC1. The Hall–Kier alpha value is -0.940. The summed E-state index contributed by atoms with van der Waals surface area (Å²) in [6, 6.07) is 3.55.